The second-order valence-corrected chi connectivity index (χ2v) is 4.02. The van der Waals surface area contributed by atoms with Crippen molar-refractivity contribution in [3.05, 3.63) is 35.4 Å². The molecule has 0 bridgehead atoms. The van der Waals surface area contributed by atoms with Gasteiger partial charge in [-0.3, -0.25) is 0 Å². The lowest BCUT2D eigenvalue weighted by atomic mass is 10.0. The van der Waals surface area contributed by atoms with E-state index < -0.39 is 18.8 Å². The van der Waals surface area contributed by atoms with Crippen LogP contribution < -0.4 is 5.73 Å². The van der Waals surface area contributed by atoms with E-state index in [-0.39, 0.29) is 6.61 Å². The monoisotopic (exact) mass is 247 g/mol. The first-order valence-electron chi connectivity index (χ1n) is 5.33. The van der Waals surface area contributed by atoms with Crippen molar-refractivity contribution in [1.82, 2.24) is 0 Å². The fourth-order valence-corrected chi connectivity index (χ4v) is 1.51. The van der Waals surface area contributed by atoms with E-state index >= 15 is 0 Å². The number of aryl methyl sites for hydroxylation is 1. The van der Waals surface area contributed by atoms with Crippen molar-refractivity contribution in [2.24, 2.45) is 5.73 Å². The van der Waals surface area contributed by atoms with E-state index in [1.54, 1.807) is 0 Å². The molecule has 1 rings (SSSR count). The Morgan fingerprint density at radius 2 is 1.94 bits per heavy atom. The van der Waals surface area contributed by atoms with Crippen LogP contribution in [0.15, 0.2) is 24.3 Å². The molecular formula is C12H16F3NO. The van der Waals surface area contributed by atoms with Gasteiger partial charge in [0.1, 0.15) is 6.61 Å². The molecule has 2 N–H and O–H groups in total. The molecule has 0 amide bonds. The summed E-state index contributed by atoms with van der Waals surface area (Å²) >= 11 is 0. The highest BCUT2D eigenvalue weighted by Gasteiger charge is 2.27. The zero-order chi connectivity index (χ0) is 12.9. The van der Waals surface area contributed by atoms with Crippen molar-refractivity contribution >= 4 is 0 Å². The summed E-state index contributed by atoms with van der Waals surface area (Å²) in [6, 6.07) is 7.23. The molecule has 0 aromatic heterocycles. The third kappa shape index (κ3) is 5.70. The van der Waals surface area contributed by atoms with Crippen LogP contribution >= 0.6 is 0 Å². The van der Waals surface area contributed by atoms with Crippen molar-refractivity contribution in [3.63, 3.8) is 0 Å². The highest BCUT2D eigenvalue weighted by molar-refractivity contribution is 5.26. The largest absolute Gasteiger partial charge is 0.411 e. The van der Waals surface area contributed by atoms with E-state index in [9.17, 15) is 13.2 Å². The summed E-state index contributed by atoms with van der Waals surface area (Å²) in [5.41, 5.74) is 7.83. The minimum atomic E-state index is -4.29. The van der Waals surface area contributed by atoms with Crippen molar-refractivity contribution in [2.75, 3.05) is 13.2 Å². The van der Waals surface area contributed by atoms with Crippen LogP contribution in [0.4, 0.5) is 13.2 Å². The van der Waals surface area contributed by atoms with Gasteiger partial charge in [-0.05, 0) is 24.5 Å². The molecule has 5 heteroatoms. The molecule has 0 aliphatic heterocycles. The van der Waals surface area contributed by atoms with Crippen LogP contribution in [-0.2, 0) is 11.2 Å². The van der Waals surface area contributed by atoms with Gasteiger partial charge in [0.15, 0.2) is 0 Å². The Kier molecular flexibility index (Phi) is 4.96. The van der Waals surface area contributed by atoms with Gasteiger partial charge in [-0.15, -0.1) is 0 Å². The summed E-state index contributed by atoms with van der Waals surface area (Å²) in [4.78, 5) is 0. The molecular weight excluding hydrogens is 231 g/mol. The topological polar surface area (TPSA) is 35.2 Å². The highest BCUT2D eigenvalue weighted by atomic mass is 19.4. The van der Waals surface area contributed by atoms with Crippen molar-refractivity contribution in [3.8, 4) is 0 Å². The van der Waals surface area contributed by atoms with Crippen LogP contribution in [0.5, 0.6) is 0 Å². The zero-order valence-electron chi connectivity index (χ0n) is 9.63. The van der Waals surface area contributed by atoms with Crippen LogP contribution in [0.2, 0.25) is 0 Å². The van der Waals surface area contributed by atoms with E-state index in [1.165, 1.54) is 0 Å². The van der Waals surface area contributed by atoms with E-state index in [4.69, 9.17) is 5.73 Å². The molecule has 0 aliphatic rings. The lowest BCUT2D eigenvalue weighted by molar-refractivity contribution is -0.174. The third-order valence-electron chi connectivity index (χ3n) is 2.34. The number of rotatable bonds is 5. The normalized spacial score (nSPS) is 13.7. The van der Waals surface area contributed by atoms with Gasteiger partial charge in [0.2, 0.25) is 0 Å². The number of nitrogens with two attached hydrogens (primary N) is 1. The van der Waals surface area contributed by atoms with Gasteiger partial charge >= 0.3 is 6.18 Å². The van der Waals surface area contributed by atoms with Gasteiger partial charge in [-0.2, -0.15) is 13.2 Å². The van der Waals surface area contributed by atoms with Gasteiger partial charge in [0, 0.05) is 6.04 Å². The maximum Gasteiger partial charge on any atom is 0.411 e. The van der Waals surface area contributed by atoms with Gasteiger partial charge in [0.25, 0.3) is 0 Å². The second kappa shape index (κ2) is 6.02. The summed E-state index contributed by atoms with van der Waals surface area (Å²) in [6.45, 7) is 0.612. The Morgan fingerprint density at radius 3 is 2.53 bits per heavy atom. The average molecular weight is 247 g/mol. The first-order chi connectivity index (χ1) is 7.88. The summed E-state index contributed by atoms with van der Waals surface area (Å²) < 4.78 is 40.0. The van der Waals surface area contributed by atoms with Crippen LogP contribution in [0.25, 0.3) is 0 Å². The van der Waals surface area contributed by atoms with Gasteiger partial charge in [-0.1, -0.05) is 24.3 Å². The minimum Gasteiger partial charge on any atom is -0.370 e. The standard InChI is InChI=1S/C12H16F3NO/c1-9-4-2-3-5-10(9)6-11(16)7-17-8-12(13,14)15/h2-5,11H,6-8,16H2,1H3. The van der Waals surface area contributed by atoms with Gasteiger partial charge in [-0.25, -0.2) is 0 Å². The van der Waals surface area contributed by atoms with E-state index in [0.29, 0.717) is 6.42 Å². The predicted octanol–water partition coefficient (Wildman–Crippen LogP) is 2.44. The van der Waals surface area contributed by atoms with Crippen LogP contribution in [0, 0.1) is 6.92 Å². The van der Waals surface area contributed by atoms with Crippen LogP contribution in [-0.4, -0.2) is 25.4 Å². The number of benzene rings is 1. The number of hydrogen-bond donors (Lipinski definition) is 1. The molecule has 0 heterocycles. The van der Waals surface area contributed by atoms with E-state index in [2.05, 4.69) is 4.74 Å². The van der Waals surface area contributed by atoms with Crippen LogP contribution in [0.1, 0.15) is 11.1 Å². The third-order valence-corrected chi connectivity index (χ3v) is 2.34. The Morgan fingerprint density at radius 1 is 1.29 bits per heavy atom. The van der Waals surface area contributed by atoms with Crippen molar-refractivity contribution in [1.29, 1.82) is 0 Å². The molecule has 2 nitrogen and oxygen atoms in total. The number of hydrogen-bond acceptors (Lipinski definition) is 2. The number of halogens is 3. The number of ether oxygens (including phenoxy) is 1. The van der Waals surface area contributed by atoms with Gasteiger partial charge < -0.3 is 10.5 Å². The Labute approximate surface area is 98.6 Å². The van der Waals surface area contributed by atoms with Crippen molar-refractivity contribution < 1.29 is 17.9 Å². The molecule has 0 fully saturated rings. The first kappa shape index (κ1) is 14.0. The summed E-state index contributed by atoms with van der Waals surface area (Å²) in [5, 5.41) is 0. The highest BCUT2D eigenvalue weighted by Crippen LogP contribution is 2.15. The maximum absolute atomic E-state index is 11.8. The summed E-state index contributed by atoms with van der Waals surface area (Å²) in [6.07, 6.45) is -3.77. The Hall–Kier alpha value is -1.07. The Balaban J connectivity index is 2.35. The molecule has 0 spiro atoms. The molecule has 0 radical (unpaired) electrons. The number of alkyl halides is 3. The predicted molar refractivity (Wildman–Crippen MR) is 59.7 cm³/mol. The zero-order valence-corrected chi connectivity index (χ0v) is 9.63. The molecule has 96 valence electrons. The van der Waals surface area contributed by atoms with Gasteiger partial charge in [0.05, 0.1) is 6.61 Å². The molecule has 17 heavy (non-hydrogen) atoms. The maximum atomic E-state index is 11.8. The molecule has 1 unspecified atom stereocenters. The first-order valence-corrected chi connectivity index (χ1v) is 5.33. The van der Waals surface area contributed by atoms with Crippen molar-refractivity contribution in [2.45, 2.75) is 25.6 Å². The molecule has 0 saturated heterocycles. The van der Waals surface area contributed by atoms with Crippen LogP contribution in [0.3, 0.4) is 0 Å². The SMILES string of the molecule is Cc1ccccc1CC(N)COCC(F)(F)F. The molecule has 1 aromatic carbocycles. The summed E-state index contributed by atoms with van der Waals surface area (Å²) in [7, 11) is 0. The smallest absolute Gasteiger partial charge is 0.370 e. The molecule has 0 saturated carbocycles. The lowest BCUT2D eigenvalue weighted by Gasteiger charge is -2.14. The Bertz CT molecular complexity index is 352. The average Bonchev–Trinajstić information content (AvgIpc) is 2.19. The molecule has 1 aromatic rings. The molecule has 1 atom stereocenters. The lowest BCUT2D eigenvalue weighted by Crippen LogP contribution is -2.31. The fourth-order valence-electron chi connectivity index (χ4n) is 1.51. The molecule has 0 aliphatic carbocycles. The quantitative estimate of drug-likeness (QED) is 0.867. The van der Waals surface area contributed by atoms with E-state index in [0.717, 1.165) is 11.1 Å². The minimum absolute atomic E-state index is 0.0894. The fraction of sp³-hybridized carbons (Fsp3) is 0.500. The summed E-state index contributed by atoms with van der Waals surface area (Å²) in [5.74, 6) is 0. The second-order valence-electron chi connectivity index (χ2n) is 4.02. The van der Waals surface area contributed by atoms with E-state index in [1.807, 2.05) is 31.2 Å².